The van der Waals surface area contributed by atoms with Crippen molar-refractivity contribution in [2.24, 2.45) is 0 Å². The number of fused-ring (bicyclic) bond motifs is 1. The molecule has 0 aliphatic carbocycles. The van der Waals surface area contributed by atoms with Gasteiger partial charge in [-0.05, 0) is 25.1 Å². The monoisotopic (exact) mass is 374 g/mol. The minimum Gasteiger partial charge on any atom is -0.292 e. The molecule has 0 fully saturated rings. The van der Waals surface area contributed by atoms with E-state index >= 15 is 0 Å². The van der Waals surface area contributed by atoms with Crippen molar-refractivity contribution in [3.63, 3.8) is 0 Å². The Labute approximate surface area is 144 Å². The van der Waals surface area contributed by atoms with Crippen LogP contribution in [0.25, 0.3) is 16.2 Å². The second kappa shape index (κ2) is 6.04. The molecule has 114 valence electrons. The molecule has 0 spiro atoms. The van der Waals surface area contributed by atoms with Gasteiger partial charge in [-0.2, -0.15) is 4.98 Å². The summed E-state index contributed by atoms with van der Waals surface area (Å²) in [5, 5.41) is 9.16. The molecule has 0 aliphatic heterocycles. The minimum atomic E-state index is -0.664. The van der Waals surface area contributed by atoms with Gasteiger partial charge < -0.3 is 0 Å². The van der Waals surface area contributed by atoms with Crippen molar-refractivity contribution in [3.8, 4) is 11.3 Å². The van der Waals surface area contributed by atoms with E-state index < -0.39 is 5.38 Å². The first kappa shape index (κ1) is 15.6. The maximum atomic E-state index is 11.6. The number of benzene rings is 1. The maximum absolute atomic E-state index is 11.6. The molecular formula is C13H9Cl3N4OS. The van der Waals surface area contributed by atoms with Crippen LogP contribution in [0.2, 0.25) is 10.0 Å². The highest BCUT2D eigenvalue weighted by molar-refractivity contribution is 7.15. The van der Waals surface area contributed by atoms with Gasteiger partial charge in [0.15, 0.2) is 0 Å². The average Bonchev–Trinajstić information content (AvgIpc) is 3.01. The lowest BCUT2D eigenvalue weighted by Gasteiger charge is -2.03. The van der Waals surface area contributed by atoms with Gasteiger partial charge in [-0.15, -0.1) is 28.0 Å². The zero-order chi connectivity index (χ0) is 15.9. The molecule has 2 aromatic heterocycles. The van der Waals surface area contributed by atoms with Crippen molar-refractivity contribution in [3.05, 3.63) is 33.6 Å². The van der Waals surface area contributed by atoms with Crippen molar-refractivity contribution in [1.29, 1.82) is 0 Å². The highest BCUT2D eigenvalue weighted by atomic mass is 35.5. The number of carbonyl (C=O) groups is 1. The number of alkyl halides is 1. The molecule has 1 N–H and O–H groups in total. The summed E-state index contributed by atoms with van der Waals surface area (Å²) >= 11 is 19.3. The zero-order valence-corrected chi connectivity index (χ0v) is 14.3. The lowest BCUT2D eigenvalue weighted by atomic mass is 10.2. The fourth-order valence-corrected chi connectivity index (χ4v) is 3.09. The third kappa shape index (κ3) is 2.92. The fourth-order valence-electron chi connectivity index (χ4n) is 1.82. The Balaban J connectivity index is 2.03. The second-order valence-corrected chi connectivity index (χ2v) is 6.81. The third-order valence-electron chi connectivity index (χ3n) is 2.88. The van der Waals surface area contributed by atoms with E-state index in [0.717, 1.165) is 11.3 Å². The molecule has 1 amide bonds. The number of hydrogen-bond donors (Lipinski definition) is 1. The standard InChI is InChI=1S/C13H9Cl3N4OS/c1-6(14)11(21)17-12-18-13-20(19-12)10(5-22-13)8-4-7(15)2-3-9(8)16/h2-6H,1H3,(H,17,19,21). The number of halogens is 3. The van der Waals surface area contributed by atoms with E-state index in [2.05, 4.69) is 15.4 Å². The first-order chi connectivity index (χ1) is 10.5. The first-order valence-electron chi connectivity index (χ1n) is 6.20. The molecule has 1 atom stereocenters. The lowest BCUT2D eigenvalue weighted by molar-refractivity contribution is -0.115. The van der Waals surface area contributed by atoms with Crippen LogP contribution >= 0.6 is 46.1 Å². The third-order valence-corrected chi connectivity index (χ3v) is 4.46. The smallest absolute Gasteiger partial charge is 0.250 e. The van der Waals surface area contributed by atoms with Crippen molar-refractivity contribution in [2.75, 3.05) is 5.32 Å². The minimum absolute atomic E-state index is 0.198. The van der Waals surface area contributed by atoms with Crippen LogP contribution in [-0.2, 0) is 4.79 Å². The molecule has 5 nitrogen and oxygen atoms in total. The molecule has 0 saturated carbocycles. The van der Waals surface area contributed by atoms with Gasteiger partial charge >= 0.3 is 0 Å². The van der Waals surface area contributed by atoms with E-state index in [1.807, 2.05) is 5.38 Å². The Morgan fingerprint density at radius 3 is 2.91 bits per heavy atom. The van der Waals surface area contributed by atoms with Crippen molar-refractivity contribution >= 4 is 63.0 Å². The molecule has 1 unspecified atom stereocenters. The molecule has 0 bridgehead atoms. The Hall–Kier alpha value is -1.34. The number of anilines is 1. The van der Waals surface area contributed by atoms with E-state index in [-0.39, 0.29) is 11.9 Å². The maximum Gasteiger partial charge on any atom is 0.250 e. The van der Waals surface area contributed by atoms with Crippen LogP contribution in [-0.4, -0.2) is 25.9 Å². The molecular weight excluding hydrogens is 367 g/mol. The normalized spacial score (nSPS) is 12.5. The Morgan fingerprint density at radius 1 is 1.41 bits per heavy atom. The summed E-state index contributed by atoms with van der Waals surface area (Å²) in [7, 11) is 0. The number of nitrogens with zero attached hydrogens (tertiary/aromatic N) is 3. The summed E-state index contributed by atoms with van der Waals surface area (Å²) in [6, 6.07) is 5.19. The van der Waals surface area contributed by atoms with Gasteiger partial charge in [-0.1, -0.05) is 23.2 Å². The van der Waals surface area contributed by atoms with Crippen molar-refractivity contribution < 1.29 is 4.79 Å². The van der Waals surface area contributed by atoms with E-state index in [1.165, 1.54) is 11.3 Å². The fraction of sp³-hybridized carbons (Fsp3) is 0.154. The lowest BCUT2D eigenvalue weighted by Crippen LogP contribution is -2.21. The first-order valence-corrected chi connectivity index (χ1v) is 8.27. The van der Waals surface area contributed by atoms with Crippen LogP contribution in [0.1, 0.15) is 6.92 Å². The van der Waals surface area contributed by atoms with Gasteiger partial charge in [0.25, 0.3) is 5.95 Å². The molecule has 3 aromatic rings. The van der Waals surface area contributed by atoms with Gasteiger partial charge in [0.2, 0.25) is 10.9 Å². The molecule has 0 aliphatic rings. The molecule has 3 rings (SSSR count). The Kier molecular flexibility index (Phi) is 4.27. The molecule has 2 heterocycles. The van der Waals surface area contributed by atoms with Crippen LogP contribution in [0.15, 0.2) is 23.6 Å². The van der Waals surface area contributed by atoms with Gasteiger partial charge in [0, 0.05) is 16.0 Å². The average molecular weight is 376 g/mol. The van der Waals surface area contributed by atoms with Crippen LogP contribution in [0.4, 0.5) is 5.95 Å². The predicted molar refractivity (Wildman–Crippen MR) is 90.3 cm³/mol. The summed E-state index contributed by atoms with van der Waals surface area (Å²) in [5.41, 5.74) is 1.49. The second-order valence-electron chi connectivity index (χ2n) is 4.48. The van der Waals surface area contributed by atoms with Gasteiger partial charge in [-0.3, -0.25) is 10.1 Å². The summed E-state index contributed by atoms with van der Waals surface area (Å²) in [4.78, 5) is 16.5. The topological polar surface area (TPSA) is 59.3 Å². The van der Waals surface area contributed by atoms with Crippen LogP contribution in [0, 0.1) is 0 Å². The quantitative estimate of drug-likeness (QED) is 0.693. The molecule has 1 aromatic carbocycles. The van der Waals surface area contributed by atoms with Gasteiger partial charge in [0.1, 0.15) is 5.38 Å². The van der Waals surface area contributed by atoms with Gasteiger partial charge in [0.05, 0.1) is 10.7 Å². The number of thiazole rings is 1. The van der Waals surface area contributed by atoms with E-state index in [1.54, 1.807) is 29.6 Å². The predicted octanol–water partition coefficient (Wildman–Crippen LogP) is 4.33. The van der Waals surface area contributed by atoms with E-state index in [4.69, 9.17) is 34.8 Å². The molecule has 22 heavy (non-hydrogen) atoms. The zero-order valence-electron chi connectivity index (χ0n) is 11.2. The number of aromatic nitrogens is 3. The molecule has 0 saturated heterocycles. The van der Waals surface area contributed by atoms with Crippen molar-refractivity contribution in [2.45, 2.75) is 12.3 Å². The highest BCUT2D eigenvalue weighted by Gasteiger charge is 2.17. The van der Waals surface area contributed by atoms with E-state index in [0.29, 0.717) is 15.0 Å². The number of hydrogen-bond acceptors (Lipinski definition) is 4. The number of nitrogens with one attached hydrogen (secondary N) is 1. The SMILES string of the molecule is CC(Cl)C(=O)Nc1nc2scc(-c3cc(Cl)ccc3Cl)n2n1. The summed E-state index contributed by atoms with van der Waals surface area (Å²) in [6.45, 7) is 1.58. The summed E-state index contributed by atoms with van der Waals surface area (Å²) in [5.74, 6) is -0.161. The van der Waals surface area contributed by atoms with E-state index in [9.17, 15) is 4.79 Å². The number of carbonyl (C=O) groups excluding carboxylic acids is 1. The van der Waals surface area contributed by atoms with Crippen LogP contribution < -0.4 is 5.32 Å². The summed E-state index contributed by atoms with van der Waals surface area (Å²) < 4.78 is 1.61. The largest absolute Gasteiger partial charge is 0.292 e. The number of rotatable bonds is 3. The van der Waals surface area contributed by atoms with Crippen LogP contribution in [0.3, 0.4) is 0 Å². The summed E-state index contributed by atoms with van der Waals surface area (Å²) in [6.07, 6.45) is 0. The highest BCUT2D eigenvalue weighted by Crippen LogP contribution is 2.33. The van der Waals surface area contributed by atoms with Gasteiger partial charge in [-0.25, -0.2) is 4.52 Å². The Bertz CT molecular complexity index is 858. The Morgan fingerprint density at radius 2 is 2.18 bits per heavy atom. The molecule has 9 heteroatoms. The number of amides is 1. The van der Waals surface area contributed by atoms with Crippen LogP contribution in [0.5, 0.6) is 0 Å². The van der Waals surface area contributed by atoms with Crippen molar-refractivity contribution in [1.82, 2.24) is 14.6 Å². The molecule has 0 radical (unpaired) electrons.